The highest BCUT2D eigenvalue weighted by Gasteiger charge is 2.19. The molecule has 0 aliphatic heterocycles. The minimum Gasteiger partial charge on any atom is -0.496 e. The molecule has 2 aromatic rings. The Morgan fingerprint density at radius 2 is 2.10 bits per heavy atom. The SMILES string of the molecule is COc1c(C)cccc1-c1noc([C@H](N)CC(C)C)n1. The lowest BCUT2D eigenvalue weighted by Crippen LogP contribution is -2.13. The molecule has 108 valence electrons. The zero-order valence-corrected chi connectivity index (χ0v) is 12.4. The van der Waals surface area contributed by atoms with Gasteiger partial charge in [0.05, 0.1) is 18.7 Å². The molecule has 1 aromatic heterocycles. The molecule has 1 atom stereocenters. The Morgan fingerprint density at radius 3 is 2.75 bits per heavy atom. The molecule has 0 unspecified atom stereocenters. The fourth-order valence-corrected chi connectivity index (χ4v) is 2.20. The Balaban J connectivity index is 2.31. The van der Waals surface area contributed by atoms with Crippen molar-refractivity contribution in [3.8, 4) is 17.1 Å². The van der Waals surface area contributed by atoms with Crippen LogP contribution in [0.1, 0.15) is 37.8 Å². The summed E-state index contributed by atoms with van der Waals surface area (Å²) >= 11 is 0. The van der Waals surface area contributed by atoms with E-state index < -0.39 is 0 Å². The van der Waals surface area contributed by atoms with Crippen molar-refractivity contribution >= 4 is 0 Å². The van der Waals surface area contributed by atoms with Crippen molar-refractivity contribution in [2.75, 3.05) is 7.11 Å². The molecule has 2 N–H and O–H groups in total. The molecule has 0 aliphatic carbocycles. The third-order valence-electron chi connectivity index (χ3n) is 3.14. The summed E-state index contributed by atoms with van der Waals surface area (Å²) in [4.78, 5) is 4.40. The Hall–Kier alpha value is -1.88. The number of aromatic nitrogens is 2. The molecule has 2 rings (SSSR count). The summed E-state index contributed by atoms with van der Waals surface area (Å²) < 4.78 is 10.7. The maximum Gasteiger partial charge on any atom is 0.243 e. The van der Waals surface area contributed by atoms with E-state index in [1.807, 2.05) is 25.1 Å². The average Bonchev–Trinajstić information content (AvgIpc) is 2.87. The van der Waals surface area contributed by atoms with Gasteiger partial charge in [-0.2, -0.15) is 4.98 Å². The van der Waals surface area contributed by atoms with Crippen LogP contribution >= 0.6 is 0 Å². The van der Waals surface area contributed by atoms with Crippen LogP contribution in [0.4, 0.5) is 0 Å². The Kier molecular flexibility index (Phi) is 4.39. The van der Waals surface area contributed by atoms with Crippen molar-refractivity contribution in [2.24, 2.45) is 11.7 Å². The first kappa shape index (κ1) is 14.5. The minimum atomic E-state index is -0.230. The quantitative estimate of drug-likeness (QED) is 0.907. The normalized spacial score (nSPS) is 12.7. The smallest absolute Gasteiger partial charge is 0.243 e. The van der Waals surface area contributed by atoms with Gasteiger partial charge in [0.15, 0.2) is 0 Å². The lowest BCUT2D eigenvalue weighted by molar-refractivity contribution is 0.335. The maximum atomic E-state index is 6.06. The van der Waals surface area contributed by atoms with Crippen molar-refractivity contribution in [3.63, 3.8) is 0 Å². The van der Waals surface area contributed by atoms with Gasteiger partial charge in [-0.25, -0.2) is 0 Å². The number of nitrogens with two attached hydrogens (primary N) is 1. The van der Waals surface area contributed by atoms with Crippen LogP contribution in [0.3, 0.4) is 0 Å². The fraction of sp³-hybridized carbons (Fsp3) is 0.467. The van der Waals surface area contributed by atoms with E-state index in [2.05, 4.69) is 24.0 Å². The van der Waals surface area contributed by atoms with E-state index in [0.29, 0.717) is 17.6 Å². The topological polar surface area (TPSA) is 74.2 Å². The van der Waals surface area contributed by atoms with Crippen LogP contribution in [-0.2, 0) is 0 Å². The van der Waals surface area contributed by atoms with Gasteiger partial charge in [0.2, 0.25) is 11.7 Å². The van der Waals surface area contributed by atoms with Gasteiger partial charge in [0.25, 0.3) is 0 Å². The highest BCUT2D eigenvalue weighted by molar-refractivity contribution is 5.66. The predicted octanol–water partition coefficient (Wildman–Crippen LogP) is 3.10. The second kappa shape index (κ2) is 6.05. The minimum absolute atomic E-state index is 0.230. The molecule has 0 fully saturated rings. The van der Waals surface area contributed by atoms with Crippen molar-refractivity contribution in [1.82, 2.24) is 10.1 Å². The third kappa shape index (κ3) is 2.99. The highest BCUT2D eigenvalue weighted by atomic mass is 16.5. The van der Waals surface area contributed by atoms with E-state index in [4.69, 9.17) is 15.0 Å². The van der Waals surface area contributed by atoms with Crippen LogP contribution in [0.15, 0.2) is 22.7 Å². The van der Waals surface area contributed by atoms with E-state index >= 15 is 0 Å². The number of para-hydroxylation sites is 1. The molecular formula is C15H21N3O2. The van der Waals surface area contributed by atoms with Crippen LogP contribution in [0, 0.1) is 12.8 Å². The predicted molar refractivity (Wildman–Crippen MR) is 77.4 cm³/mol. The van der Waals surface area contributed by atoms with Crippen LogP contribution in [-0.4, -0.2) is 17.3 Å². The monoisotopic (exact) mass is 275 g/mol. The van der Waals surface area contributed by atoms with Crippen molar-refractivity contribution in [2.45, 2.75) is 33.2 Å². The molecule has 1 heterocycles. The average molecular weight is 275 g/mol. The lowest BCUT2D eigenvalue weighted by atomic mass is 10.0. The summed E-state index contributed by atoms with van der Waals surface area (Å²) in [5, 5.41) is 4.02. The summed E-state index contributed by atoms with van der Waals surface area (Å²) in [6, 6.07) is 5.60. The number of hydrogen-bond donors (Lipinski definition) is 1. The fourth-order valence-electron chi connectivity index (χ4n) is 2.20. The number of nitrogens with zero attached hydrogens (tertiary/aromatic N) is 2. The zero-order chi connectivity index (χ0) is 14.7. The molecule has 0 bridgehead atoms. The molecule has 0 radical (unpaired) electrons. The number of methoxy groups -OCH3 is 1. The number of benzene rings is 1. The molecule has 20 heavy (non-hydrogen) atoms. The van der Waals surface area contributed by atoms with Gasteiger partial charge in [-0.15, -0.1) is 0 Å². The molecule has 1 aromatic carbocycles. The van der Waals surface area contributed by atoms with Gasteiger partial charge < -0.3 is 15.0 Å². The van der Waals surface area contributed by atoms with Gasteiger partial charge in [-0.05, 0) is 30.9 Å². The van der Waals surface area contributed by atoms with Crippen molar-refractivity contribution in [3.05, 3.63) is 29.7 Å². The molecule has 0 saturated heterocycles. The van der Waals surface area contributed by atoms with Gasteiger partial charge in [0, 0.05) is 0 Å². The van der Waals surface area contributed by atoms with Gasteiger partial charge in [-0.3, -0.25) is 0 Å². The van der Waals surface area contributed by atoms with Crippen LogP contribution in [0.2, 0.25) is 0 Å². The first-order valence-corrected chi connectivity index (χ1v) is 6.76. The zero-order valence-electron chi connectivity index (χ0n) is 12.4. The molecule has 0 spiro atoms. The second-order valence-electron chi connectivity index (χ2n) is 5.35. The number of hydrogen-bond acceptors (Lipinski definition) is 5. The molecule has 0 aliphatic rings. The summed E-state index contributed by atoms with van der Waals surface area (Å²) in [6.45, 7) is 6.20. The van der Waals surface area contributed by atoms with Gasteiger partial charge in [-0.1, -0.05) is 31.1 Å². The Labute approximate surface area is 119 Å². The lowest BCUT2D eigenvalue weighted by Gasteiger charge is -2.09. The largest absolute Gasteiger partial charge is 0.496 e. The second-order valence-corrected chi connectivity index (χ2v) is 5.35. The summed E-state index contributed by atoms with van der Waals surface area (Å²) in [5.74, 6) is 2.23. The summed E-state index contributed by atoms with van der Waals surface area (Å²) in [6.07, 6.45) is 0.812. The number of aryl methyl sites for hydroxylation is 1. The van der Waals surface area contributed by atoms with Crippen LogP contribution in [0.5, 0.6) is 5.75 Å². The summed E-state index contributed by atoms with van der Waals surface area (Å²) in [5.41, 5.74) is 7.91. The molecule has 5 heteroatoms. The standard InChI is InChI=1S/C15H21N3O2/c1-9(2)8-12(16)15-17-14(18-20-15)11-7-5-6-10(3)13(11)19-4/h5-7,9,12H,8,16H2,1-4H3/t12-/m1/s1. The molecule has 0 amide bonds. The van der Waals surface area contributed by atoms with E-state index in [-0.39, 0.29) is 6.04 Å². The third-order valence-corrected chi connectivity index (χ3v) is 3.14. The highest BCUT2D eigenvalue weighted by Crippen LogP contribution is 2.31. The molecular weight excluding hydrogens is 254 g/mol. The first-order chi connectivity index (χ1) is 9.52. The van der Waals surface area contributed by atoms with Crippen molar-refractivity contribution in [1.29, 1.82) is 0 Å². The first-order valence-electron chi connectivity index (χ1n) is 6.76. The van der Waals surface area contributed by atoms with E-state index in [1.165, 1.54) is 0 Å². The number of rotatable bonds is 5. The van der Waals surface area contributed by atoms with Gasteiger partial charge in [0.1, 0.15) is 5.75 Å². The van der Waals surface area contributed by atoms with E-state index in [9.17, 15) is 0 Å². The van der Waals surface area contributed by atoms with Gasteiger partial charge >= 0.3 is 0 Å². The van der Waals surface area contributed by atoms with E-state index in [0.717, 1.165) is 23.3 Å². The van der Waals surface area contributed by atoms with Crippen molar-refractivity contribution < 1.29 is 9.26 Å². The molecule has 0 saturated carbocycles. The van der Waals surface area contributed by atoms with Crippen LogP contribution < -0.4 is 10.5 Å². The number of ether oxygens (including phenoxy) is 1. The Bertz CT molecular complexity index is 578. The van der Waals surface area contributed by atoms with E-state index in [1.54, 1.807) is 7.11 Å². The molecule has 5 nitrogen and oxygen atoms in total. The Morgan fingerprint density at radius 1 is 1.35 bits per heavy atom. The summed E-state index contributed by atoms with van der Waals surface area (Å²) in [7, 11) is 1.64. The van der Waals surface area contributed by atoms with Crippen LogP contribution in [0.25, 0.3) is 11.4 Å². The maximum absolute atomic E-state index is 6.06.